The lowest BCUT2D eigenvalue weighted by molar-refractivity contribution is -0.137. The van der Waals surface area contributed by atoms with Crippen molar-refractivity contribution >= 4 is 68.2 Å². The molecule has 1 saturated heterocycles. The van der Waals surface area contributed by atoms with Gasteiger partial charge >= 0.3 is 6.18 Å². The summed E-state index contributed by atoms with van der Waals surface area (Å²) in [5.74, 6) is 0.693. The molecule has 0 spiro atoms. The monoisotopic (exact) mass is 505 g/mol. The number of hydrogen-bond donors (Lipinski definition) is 3. The molecule has 0 atom stereocenters. The Hall–Kier alpha value is -3.31. The van der Waals surface area contributed by atoms with Crippen LogP contribution in [0.3, 0.4) is 0 Å². The first-order valence-electron chi connectivity index (χ1n) is 10.4. The summed E-state index contributed by atoms with van der Waals surface area (Å²) in [5.41, 5.74) is 1.83. The molecule has 5 rings (SSSR count). The van der Waals surface area contributed by atoms with Gasteiger partial charge in [-0.1, -0.05) is 6.07 Å². The zero-order chi connectivity index (χ0) is 23.9. The maximum atomic E-state index is 13.1. The van der Waals surface area contributed by atoms with Crippen LogP contribution < -0.4 is 15.1 Å². The van der Waals surface area contributed by atoms with Crippen molar-refractivity contribution in [1.82, 2.24) is 19.9 Å². The van der Waals surface area contributed by atoms with E-state index in [1.54, 1.807) is 0 Å². The summed E-state index contributed by atoms with van der Waals surface area (Å²) in [6.07, 6.45) is -2.98. The molecule has 1 aliphatic rings. The predicted octanol–water partition coefficient (Wildman–Crippen LogP) is 5.21. The fraction of sp³-hybridized carbons (Fsp3) is 0.227. The lowest BCUT2D eigenvalue weighted by Crippen LogP contribution is -2.50. The van der Waals surface area contributed by atoms with Gasteiger partial charge in [0.05, 0.1) is 10.9 Å². The van der Waals surface area contributed by atoms with Crippen molar-refractivity contribution in [3.63, 3.8) is 0 Å². The Balaban J connectivity index is 1.33. The Morgan fingerprint density at radius 3 is 2.38 bits per heavy atom. The number of aromatic nitrogens is 3. The predicted molar refractivity (Wildman–Crippen MR) is 132 cm³/mol. The largest absolute Gasteiger partial charge is 0.416 e. The molecule has 176 valence electrons. The average molecular weight is 506 g/mol. The summed E-state index contributed by atoms with van der Waals surface area (Å²) in [7, 11) is 0. The third-order valence-electron chi connectivity index (χ3n) is 5.81. The van der Waals surface area contributed by atoms with Gasteiger partial charge in [0.25, 0.3) is 0 Å². The molecule has 1 aliphatic heterocycles. The summed E-state index contributed by atoms with van der Waals surface area (Å²) >= 11 is 11.2. The number of nitrogens with zero attached hydrogens (tertiary/aromatic N) is 4. The number of benzene rings is 2. The van der Waals surface area contributed by atoms with E-state index in [9.17, 15) is 13.2 Å². The number of rotatable bonds is 3. The molecule has 0 unspecified atom stereocenters. The van der Waals surface area contributed by atoms with Crippen LogP contribution in [0.5, 0.6) is 0 Å². The van der Waals surface area contributed by atoms with E-state index in [2.05, 4.69) is 34.9 Å². The topological polar surface area (TPSA) is 72.1 Å². The first-order chi connectivity index (χ1) is 16.3. The number of H-pyrrole nitrogens is 1. The van der Waals surface area contributed by atoms with Crippen LogP contribution in [-0.4, -0.2) is 51.1 Å². The Labute approximate surface area is 203 Å². The molecule has 0 saturated carbocycles. The maximum Gasteiger partial charge on any atom is 0.416 e. The molecule has 34 heavy (non-hydrogen) atoms. The molecule has 12 heteroatoms. The van der Waals surface area contributed by atoms with E-state index in [1.165, 1.54) is 12.4 Å². The van der Waals surface area contributed by atoms with Gasteiger partial charge in [-0.25, -0.2) is 9.97 Å². The van der Waals surface area contributed by atoms with Crippen LogP contribution in [0, 0.1) is 0 Å². The molecule has 0 aliphatic carbocycles. The number of aromatic amines is 1. The number of alkyl halides is 3. The average Bonchev–Trinajstić information content (AvgIpc) is 3.22. The number of fused-ring (bicyclic) bond motifs is 3. The Morgan fingerprint density at radius 2 is 1.71 bits per heavy atom. The quantitative estimate of drug-likeness (QED) is 0.260. The maximum absolute atomic E-state index is 13.1. The lowest BCUT2D eigenvalue weighted by atomic mass is 10.1. The first kappa shape index (κ1) is 22.5. The van der Waals surface area contributed by atoms with Crippen LogP contribution in [0.1, 0.15) is 5.56 Å². The van der Waals surface area contributed by atoms with E-state index in [0.717, 1.165) is 23.5 Å². The van der Waals surface area contributed by atoms with Crippen molar-refractivity contribution in [2.24, 2.45) is 0 Å². The number of hydrogen-bond acceptors (Lipinski definition) is 5. The van der Waals surface area contributed by atoms with Gasteiger partial charge in [0.15, 0.2) is 5.11 Å². The Kier molecular flexibility index (Phi) is 5.82. The SMILES string of the molecule is FC(F)(F)c1ccc2c(c1)[nH]c1ncnc(N3CCN(C(=S)Nc4ccc(NCl)cc4)CC3)c12. The minimum atomic E-state index is -4.41. The molecule has 4 aromatic rings. The minimum absolute atomic E-state index is 0.381. The van der Waals surface area contributed by atoms with Crippen molar-refractivity contribution in [3.8, 4) is 0 Å². The van der Waals surface area contributed by atoms with E-state index in [1.807, 2.05) is 24.3 Å². The van der Waals surface area contributed by atoms with Crippen LogP contribution in [0.25, 0.3) is 21.9 Å². The third kappa shape index (κ3) is 4.28. The highest BCUT2D eigenvalue weighted by Gasteiger charge is 2.31. The van der Waals surface area contributed by atoms with E-state index >= 15 is 0 Å². The third-order valence-corrected chi connectivity index (χ3v) is 6.39. The number of piperazine rings is 1. The molecule has 0 radical (unpaired) electrons. The zero-order valence-corrected chi connectivity index (χ0v) is 19.2. The second-order valence-electron chi connectivity index (χ2n) is 7.88. The highest BCUT2D eigenvalue weighted by molar-refractivity contribution is 7.80. The van der Waals surface area contributed by atoms with E-state index in [0.29, 0.717) is 59.0 Å². The molecular weight excluding hydrogens is 487 g/mol. The summed E-state index contributed by atoms with van der Waals surface area (Å²) in [4.78, 5) is 18.4. The summed E-state index contributed by atoms with van der Waals surface area (Å²) in [6.45, 7) is 2.63. The van der Waals surface area contributed by atoms with Crippen LogP contribution in [0.2, 0.25) is 0 Å². The number of anilines is 3. The molecule has 0 bridgehead atoms. The zero-order valence-electron chi connectivity index (χ0n) is 17.7. The first-order valence-corrected chi connectivity index (χ1v) is 11.2. The van der Waals surface area contributed by atoms with Gasteiger partial charge in [0, 0.05) is 60.2 Å². The van der Waals surface area contributed by atoms with Gasteiger partial charge in [-0.2, -0.15) is 13.2 Å². The van der Waals surface area contributed by atoms with Crippen molar-refractivity contribution in [2.45, 2.75) is 6.18 Å². The molecule has 3 N–H and O–H groups in total. The molecule has 3 heterocycles. The Bertz CT molecular complexity index is 1350. The van der Waals surface area contributed by atoms with Gasteiger partial charge in [-0.15, -0.1) is 0 Å². The fourth-order valence-electron chi connectivity index (χ4n) is 4.07. The summed E-state index contributed by atoms with van der Waals surface area (Å²) in [5, 5.41) is 5.22. The van der Waals surface area contributed by atoms with Crippen molar-refractivity contribution < 1.29 is 13.2 Å². The summed E-state index contributed by atoms with van der Waals surface area (Å²) < 4.78 is 39.4. The molecular formula is C22H19ClF3N7S. The van der Waals surface area contributed by atoms with Gasteiger partial charge in [-0.3, -0.25) is 4.84 Å². The second kappa shape index (κ2) is 8.80. The van der Waals surface area contributed by atoms with Crippen molar-refractivity contribution in [1.29, 1.82) is 0 Å². The van der Waals surface area contributed by atoms with E-state index < -0.39 is 11.7 Å². The lowest BCUT2D eigenvalue weighted by Gasteiger charge is -2.37. The number of halogens is 4. The standard InChI is InChI=1S/C22H19ClF3N7S/c23-31-15-4-2-14(3-5-15)29-21(34)33-9-7-32(8-10-33)20-18-16-6-1-13(22(24,25)26)11-17(16)30-19(18)27-12-28-20/h1-6,11-12,31H,7-10H2,(H,29,34)(H,27,28,30). The number of thiocarbonyl (C=S) groups is 1. The van der Waals surface area contributed by atoms with Crippen molar-refractivity contribution in [2.75, 3.05) is 41.2 Å². The van der Waals surface area contributed by atoms with Crippen LogP contribution in [0.15, 0.2) is 48.8 Å². The van der Waals surface area contributed by atoms with E-state index in [-0.39, 0.29) is 0 Å². The summed E-state index contributed by atoms with van der Waals surface area (Å²) in [6, 6.07) is 11.1. The van der Waals surface area contributed by atoms with Crippen LogP contribution in [0.4, 0.5) is 30.4 Å². The highest BCUT2D eigenvalue weighted by Crippen LogP contribution is 2.36. The molecule has 0 amide bonds. The van der Waals surface area contributed by atoms with E-state index in [4.69, 9.17) is 24.0 Å². The molecule has 7 nitrogen and oxygen atoms in total. The van der Waals surface area contributed by atoms with Gasteiger partial charge in [0.2, 0.25) is 0 Å². The van der Waals surface area contributed by atoms with Crippen LogP contribution >= 0.6 is 24.0 Å². The molecule has 2 aromatic carbocycles. The smallest absolute Gasteiger partial charge is 0.352 e. The Morgan fingerprint density at radius 1 is 1.00 bits per heavy atom. The van der Waals surface area contributed by atoms with Gasteiger partial charge in [0.1, 0.15) is 17.8 Å². The van der Waals surface area contributed by atoms with Gasteiger partial charge < -0.3 is 20.1 Å². The highest BCUT2D eigenvalue weighted by atomic mass is 35.5. The van der Waals surface area contributed by atoms with Crippen LogP contribution in [-0.2, 0) is 6.18 Å². The minimum Gasteiger partial charge on any atom is -0.352 e. The molecule has 1 fully saturated rings. The number of nitrogens with one attached hydrogen (secondary N) is 3. The fourth-order valence-corrected chi connectivity index (χ4v) is 4.50. The van der Waals surface area contributed by atoms with Gasteiger partial charge in [-0.05, 0) is 48.6 Å². The second-order valence-corrected chi connectivity index (χ2v) is 8.46. The normalized spacial score (nSPS) is 14.6. The molecule has 2 aromatic heterocycles. The van der Waals surface area contributed by atoms with Crippen molar-refractivity contribution in [3.05, 3.63) is 54.4 Å².